The Balaban J connectivity index is 1.41. The number of carbonyl (C=O) groups excluding carboxylic acids is 1. The zero-order valence-corrected chi connectivity index (χ0v) is 20.7. The molecule has 36 heavy (non-hydrogen) atoms. The molecule has 188 valence electrons. The predicted octanol–water partition coefficient (Wildman–Crippen LogP) is 4.65. The Morgan fingerprint density at radius 2 is 2.00 bits per heavy atom. The number of fused-ring (bicyclic) bond motifs is 1. The minimum atomic E-state index is -0.560. The van der Waals surface area contributed by atoms with Crippen molar-refractivity contribution in [1.82, 2.24) is 29.6 Å². The van der Waals surface area contributed by atoms with Crippen molar-refractivity contribution in [3.05, 3.63) is 57.3 Å². The number of H-pyrrole nitrogens is 1. The number of ether oxygens (including phenoxy) is 1. The molecule has 0 aliphatic carbocycles. The van der Waals surface area contributed by atoms with E-state index in [0.717, 1.165) is 5.69 Å². The van der Waals surface area contributed by atoms with E-state index in [4.69, 9.17) is 20.9 Å². The lowest BCUT2D eigenvalue weighted by Gasteiger charge is -2.33. The maximum atomic E-state index is 13.5. The summed E-state index contributed by atoms with van der Waals surface area (Å²) in [5.74, 6) is -0.165. The normalized spacial score (nSPS) is 15.0. The molecule has 1 aromatic carbocycles. The van der Waals surface area contributed by atoms with Crippen LogP contribution in [-0.2, 0) is 4.74 Å². The maximum absolute atomic E-state index is 13.5. The van der Waals surface area contributed by atoms with Crippen molar-refractivity contribution in [1.29, 1.82) is 0 Å². The van der Waals surface area contributed by atoms with Gasteiger partial charge in [0.2, 0.25) is 5.82 Å². The quantitative estimate of drug-likeness (QED) is 0.422. The highest BCUT2D eigenvalue weighted by Crippen LogP contribution is 2.31. The first-order chi connectivity index (χ1) is 17.1. The fourth-order valence-corrected chi connectivity index (χ4v) is 4.41. The molecule has 1 amide bonds. The number of halogens is 2. The van der Waals surface area contributed by atoms with Crippen LogP contribution in [0, 0.1) is 5.82 Å². The molecule has 3 aromatic heterocycles. The van der Waals surface area contributed by atoms with Gasteiger partial charge < -0.3 is 19.1 Å². The summed E-state index contributed by atoms with van der Waals surface area (Å²) in [6.45, 7) is 6.52. The number of hydrogen-bond donors (Lipinski definition) is 1. The molecule has 12 heteroatoms. The Labute approximate surface area is 210 Å². The summed E-state index contributed by atoms with van der Waals surface area (Å²) in [6, 6.07) is 5.65. The molecule has 0 spiro atoms. The molecule has 10 nitrogen and oxygen atoms in total. The standard InChI is InChI=1S/C24H24ClFN6O4/c1-24(2,3)35-23(34)31-8-6-13(7-9-31)18-11-19(33)28-21-15(12-27-32(18)21)22-29-20(30-36-22)14-4-5-17(26)16(25)10-14/h4-5,10-13H,6-9H2,1-3H3,(H,28,33). The smallest absolute Gasteiger partial charge is 0.410 e. The average molecular weight is 515 g/mol. The highest BCUT2D eigenvalue weighted by atomic mass is 35.5. The van der Waals surface area contributed by atoms with E-state index < -0.39 is 11.4 Å². The van der Waals surface area contributed by atoms with Gasteiger partial charge in [0.25, 0.3) is 11.4 Å². The molecule has 1 N–H and O–H groups in total. The lowest BCUT2D eigenvalue weighted by Crippen LogP contribution is -2.41. The highest BCUT2D eigenvalue weighted by Gasteiger charge is 2.29. The number of amides is 1. The topological polar surface area (TPSA) is 119 Å². The number of carbonyl (C=O) groups is 1. The molecule has 4 aromatic rings. The number of rotatable bonds is 3. The van der Waals surface area contributed by atoms with Crippen LogP contribution in [0.2, 0.25) is 5.02 Å². The van der Waals surface area contributed by atoms with Gasteiger partial charge in [-0.15, -0.1) is 0 Å². The first-order valence-electron chi connectivity index (χ1n) is 11.5. The SMILES string of the molecule is CC(C)(C)OC(=O)N1CCC(c2cc(=O)[nH]c3c(-c4nc(-c5ccc(F)c(Cl)c5)no4)cnn23)CC1. The predicted molar refractivity (Wildman–Crippen MR) is 129 cm³/mol. The van der Waals surface area contributed by atoms with Gasteiger partial charge in [-0.1, -0.05) is 16.8 Å². The van der Waals surface area contributed by atoms with Gasteiger partial charge in [-0.2, -0.15) is 10.1 Å². The third kappa shape index (κ3) is 4.70. The van der Waals surface area contributed by atoms with E-state index >= 15 is 0 Å². The number of nitrogens with zero attached hydrogens (tertiary/aromatic N) is 5. The molecule has 1 aliphatic rings. The van der Waals surface area contributed by atoms with Crippen LogP contribution < -0.4 is 5.56 Å². The summed E-state index contributed by atoms with van der Waals surface area (Å²) >= 11 is 5.87. The molecule has 0 radical (unpaired) electrons. The van der Waals surface area contributed by atoms with E-state index in [1.807, 2.05) is 20.8 Å². The molecule has 0 unspecified atom stereocenters. The first-order valence-corrected chi connectivity index (χ1v) is 11.9. The van der Waals surface area contributed by atoms with Crippen LogP contribution >= 0.6 is 11.6 Å². The van der Waals surface area contributed by atoms with Crippen LogP contribution in [0.1, 0.15) is 45.2 Å². The lowest BCUT2D eigenvalue weighted by molar-refractivity contribution is 0.0203. The summed E-state index contributed by atoms with van der Waals surface area (Å²) in [5.41, 5.74) is 1.23. The first kappa shape index (κ1) is 24.0. The number of benzene rings is 1. The largest absolute Gasteiger partial charge is 0.444 e. The Morgan fingerprint density at radius 1 is 1.25 bits per heavy atom. The molecule has 0 saturated carbocycles. The van der Waals surface area contributed by atoms with Crippen LogP contribution in [0.25, 0.3) is 28.5 Å². The number of piperidine rings is 1. The zero-order chi connectivity index (χ0) is 25.6. The van der Waals surface area contributed by atoms with E-state index in [1.54, 1.807) is 15.6 Å². The minimum Gasteiger partial charge on any atom is -0.444 e. The van der Waals surface area contributed by atoms with Crippen LogP contribution in [0.5, 0.6) is 0 Å². The van der Waals surface area contributed by atoms with Crippen molar-refractivity contribution < 1.29 is 18.4 Å². The van der Waals surface area contributed by atoms with Gasteiger partial charge in [0.1, 0.15) is 22.6 Å². The molecule has 4 heterocycles. The molecule has 5 rings (SSSR count). The van der Waals surface area contributed by atoms with Crippen LogP contribution in [0.15, 0.2) is 39.8 Å². The third-order valence-corrected chi connectivity index (χ3v) is 6.22. The van der Waals surface area contributed by atoms with E-state index in [2.05, 4.69) is 20.2 Å². The van der Waals surface area contributed by atoms with Crippen molar-refractivity contribution in [3.8, 4) is 22.8 Å². The van der Waals surface area contributed by atoms with Gasteiger partial charge in [-0.3, -0.25) is 4.79 Å². The van der Waals surface area contributed by atoms with Gasteiger partial charge in [-0.25, -0.2) is 13.7 Å². The van der Waals surface area contributed by atoms with Gasteiger partial charge in [0.05, 0.1) is 16.9 Å². The second-order valence-corrected chi connectivity index (χ2v) is 10.1. The number of nitrogens with one attached hydrogen (secondary N) is 1. The number of aromatic amines is 1. The Kier molecular flexibility index (Phi) is 6.03. The zero-order valence-electron chi connectivity index (χ0n) is 19.9. The molecular formula is C24H24ClFN6O4. The Morgan fingerprint density at radius 3 is 2.69 bits per heavy atom. The monoisotopic (exact) mass is 514 g/mol. The second-order valence-electron chi connectivity index (χ2n) is 9.67. The summed E-state index contributed by atoms with van der Waals surface area (Å²) in [4.78, 5) is 33.8. The van der Waals surface area contributed by atoms with E-state index in [0.29, 0.717) is 42.7 Å². The van der Waals surface area contributed by atoms with Crippen molar-refractivity contribution >= 4 is 23.3 Å². The number of hydrogen-bond acceptors (Lipinski definition) is 7. The highest BCUT2D eigenvalue weighted by molar-refractivity contribution is 6.31. The summed E-state index contributed by atoms with van der Waals surface area (Å²) in [5, 5.41) is 8.37. The van der Waals surface area contributed by atoms with Crippen LogP contribution in [0.4, 0.5) is 9.18 Å². The van der Waals surface area contributed by atoms with E-state index in [9.17, 15) is 14.0 Å². The van der Waals surface area contributed by atoms with Crippen LogP contribution in [0.3, 0.4) is 0 Å². The fourth-order valence-electron chi connectivity index (χ4n) is 4.23. The molecule has 1 aliphatic heterocycles. The number of likely N-dealkylation sites (tertiary alicyclic amines) is 1. The van der Waals surface area contributed by atoms with Gasteiger partial charge in [-0.05, 0) is 51.8 Å². The van der Waals surface area contributed by atoms with E-state index in [1.165, 1.54) is 24.3 Å². The maximum Gasteiger partial charge on any atom is 0.410 e. The third-order valence-electron chi connectivity index (χ3n) is 5.93. The number of aromatic nitrogens is 5. The van der Waals surface area contributed by atoms with Crippen LogP contribution in [-0.4, -0.2) is 54.4 Å². The summed E-state index contributed by atoms with van der Waals surface area (Å²) in [6.07, 6.45) is 2.51. The van der Waals surface area contributed by atoms with Crippen molar-refractivity contribution in [2.45, 2.75) is 45.1 Å². The molecular weight excluding hydrogens is 491 g/mol. The van der Waals surface area contributed by atoms with Crippen molar-refractivity contribution in [2.75, 3.05) is 13.1 Å². The van der Waals surface area contributed by atoms with Gasteiger partial charge in [0, 0.05) is 30.6 Å². The fraction of sp³-hybridized carbons (Fsp3) is 0.375. The van der Waals surface area contributed by atoms with E-state index in [-0.39, 0.29) is 34.3 Å². The average Bonchev–Trinajstić information content (AvgIpc) is 3.46. The molecule has 1 fully saturated rings. The second kappa shape index (κ2) is 9.05. The molecule has 0 bridgehead atoms. The summed E-state index contributed by atoms with van der Waals surface area (Å²) in [7, 11) is 0. The molecule has 0 atom stereocenters. The van der Waals surface area contributed by atoms with Crippen molar-refractivity contribution in [2.24, 2.45) is 0 Å². The van der Waals surface area contributed by atoms with Crippen molar-refractivity contribution in [3.63, 3.8) is 0 Å². The summed E-state index contributed by atoms with van der Waals surface area (Å²) < 4.78 is 26.0. The Hall–Kier alpha value is -3.73. The van der Waals surface area contributed by atoms with Gasteiger partial charge in [0.15, 0.2) is 0 Å². The molecule has 1 saturated heterocycles. The lowest BCUT2D eigenvalue weighted by atomic mass is 9.93. The van der Waals surface area contributed by atoms with Gasteiger partial charge >= 0.3 is 6.09 Å². The Bertz CT molecular complexity index is 1500. The minimum absolute atomic E-state index is 0.0147.